The van der Waals surface area contributed by atoms with E-state index in [-0.39, 0.29) is 6.10 Å². The first-order valence-corrected chi connectivity index (χ1v) is 12.2. The number of carbonyl (C=O) groups is 1. The summed E-state index contributed by atoms with van der Waals surface area (Å²) in [5.74, 6) is 0.596. The summed E-state index contributed by atoms with van der Waals surface area (Å²) >= 11 is 2.85. The highest BCUT2D eigenvalue weighted by molar-refractivity contribution is 7.99. The first-order chi connectivity index (χ1) is 15.7. The second-order valence-corrected chi connectivity index (χ2v) is 9.47. The molecule has 3 aromatic heterocycles. The number of rotatable bonds is 6. The number of amides is 1. The average molecular weight is 471 g/mol. The molecule has 3 heterocycles. The SMILES string of the molecule is CCOC(=O)Nc1nc2ccc(Sc3nnc4ccc(OC5CCCCC5)nn34)cc2s1. The van der Waals surface area contributed by atoms with E-state index in [0.29, 0.717) is 28.4 Å². The predicted molar refractivity (Wildman–Crippen MR) is 123 cm³/mol. The zero-order valence-electron chi connectivity index (χ0n) is 17.5. The number of nitrogens with zero attached hydrogens (tertiary/aromatic N) is 5. The van der Waals surface area contributed by atoms with Crippen LogP contribution in [0.25, 0.3) is 15.9 Å². The Labute approximate surface area is 192 Å². The van der Waals surface area contributed by atoms with Gasteiger partial charge in [-0.1, -0.05) is 17.8 Å². The molecule has 4 aromatic rings. The van der Waals surface area contributed by atoms with Crippen LogP contribution in [0, 0.1) is 0 Å². The van der Waals surface area contributed by atoms with Crippen LogP contribution in [0.5, 0.6) is 5.88 Å². The summed E-state index contributed by atoms with van der Waals surface area (Å²) in [5.41, 5.74) is 1.47. The summed E-state index contributed by atoms with van der Waals surface area (Å²) in [6.45, 7) is 2.07. The zero-order chi connectivity index (χ0) is 21.9. The zero-order valence-corrected chi connectivity index (χ0v) is 19.1. The molecule has 1 aliphatic carbocycles. The molecule has 1 fully saturated rings. The highest BCUT2D eigenvalue weighted by Crippen LogP contribution is 2.33. The first-order valence-electron chi connectivity index (χ1n) is 10.6. The fraction of sp³-hybridized carbons (Fsp3) is 0.381. The molecule has 0 aliphatic heterocycles. The maximum absolute atomic E-state index is 11.6. The van der Waals surface area contributed by atoms with Gasteiger partial charge in [-0.2, -0.15) is 4.52 Å². The molecule has 9 nitrogen and oxygen atoms in total. The van der Waals surface area contributed by atoms with Gasteiger partial charge >= 0.3 is 6.09 Å². The number of ether oxygens (including phenoxy) is 2. The smallest absolute Gasteiger partial charge is 0.413 e. The molecule has 32 heavy (non-hydrogen) atoms. The molecule has 5 rings (SSSR count). The summed E-state index contributed by atoms with van der Waals surface area (Å²) in [5, 5.41) is 16.9. The van der Waals surface area contributed by atoms with Crippen molar-refractivity contribution in [2.24, 2.45) is 0 Å². The van der Waals surface area contributed by atoms with Crippen molar-refractivity contribution < 1.29 is 14.3 Å². The van der Waals surface area contributed by atoms with Crippen LogP contribution in [0.2, 0.25) is 0 Å². The van der Waals surface area contributed by atoms with E-state index in [9.17, 15) is 4.79 Å². The predicted octanol–water partition coefficient (Wildman–Crippen LogP) is 5.17. The van der Waals surface area contributed by atoms with Gasteiger partial charge in [-0.15, -0.1) is 15.3 Å². The lowest BCUT2D eigenvalue weighted by molar-refractivity contribution is 0.146. The first kappa shape index (κ1) is 21.0. The van der Waals surface area contributed by atoms with Crippen molar-refractivity contribution in [2.75, 3.05) is 11.9 Å². The van der Waals surface area contributed by atoms with E-state index in [4.69, 9.17) is 9.47 Å². The maximum atomic E-state index is 11.6. The van der Waals surface area contributed by atoms with Crippen molar-refractivity contribution in [1.82, 2.24) is 24.8 Å². The molecule has 0 unspecified atom stereocenters. The molecule has 11 heteroatoms. The van der Waals surface area contributed by atoms with Gasteiger partial charge in [-0.25, -0.2) is 9.78 Å². The second-order valence-electron chi connectivity index (χ2n) is 7.40. The highest BCUT2D eigenvalue weighted by Gasteiger charge is 2.17. The van der Waals surface area contributed by atoms with Crippen LogP contribution >= 0.6 is 23.1 Å². The van der Waals surface area contributed by atoms with E-state index < -0.39 is 6.09 Å². The van der Waals surface area contributed by atoms with Crippen LogP contribution in [-0.2, 0) is 4.74 Å². The lowest BCUT2D eigenvalue weighted by Gasteiger charge is -2.22. The minimum atomic E-state index is -0.506. The minimum Gasteiger partial charge on any atom is -0.473 e. The summed E-state index contributed by atoms with van der Waals surface area (Å²) in [6, 6.07) is 9.62. The Morgan fingerprint density at radius 1 is 1.22 bits per heavy atom. The Hall–Kier alpha value is -2.92. The molecule has 0 bridgehead atoms. The lowest BCUT2D eigenvalue weighted by Crippen LogP contribution is -2.20. The van der Waals surface area contributed by atoms with Crippen molar-refractivity contribution in [3.8, 4) is 5.88 Å². The van der Waals surface area contributed by atoms with Gasteiger partial charge in [-0.05, 0) is 68.6 Å². The summed E-state index contributed by atoms with van der Waals surface area (Å²) < 4.78 is 13.7. The summed E-state index contributed by atoms with van der Waals surface area (Å²) in [4.78, 5) is 17.0. The van der Waals surface area contributed by atoms with E-state index in [1.807, 2.05) is 30.3 Å². The molecular formula is C21H22N6O3S2. The number of carbonyl (C=O) groups excluding carboxylic acids is 1. The van der Waals surface area contributed by atoms with Gasteiger partial charge in [0, 0.05) is 11.0 Å². The topological polar surface area (TPSA) is 104 Å². The molecule has 0 radical (unpaired) electrons. The third-order valence-electron chi connectivity index (χ3n) is 5.10. The van der Waals surface area contributed by atoms with Gasteiger partial charge in [0.05, 0.1) is 16.8 Å². The number of anilines is 1. The Kier molecular flexibility index (Phi) is 6.08. The maximum Gasteiger partial charge on any atom is 0.413 e. The van der Waals surface area contributed by atoms with Gasteiger partial charge in [0.1, 0.15) is 6.10 Å². The van der Waals surface area contributed by atoms with Gasteiger partial charge in [0.2, 0.25) is 11.0 Å². The van der Waals surface area contributed by atoms with Crippen LogP contribution in [-0.4, -0.2) is 43.6 Å². The molecule has 1 aromatic carbocycles. The number of nitrogens with one attached hydrogen (secondary N) is 1. The van der Waals surface area contributed by atoms with Crippen molar-refractivity contribution in [3.63, 3.8) is 0 Å². The van der Waals surface area contributed by atoms with Crippen molar-refractivity contribution in [2.45, 2.75) is 55.2 Å². The molecule has 1 saturated carbocycles. The van der Waals surface area contributed by atoms with E-state index in [1.54, 1.807) is 11.4 Å². The Morgan fingerprint density at radius 2 is 2.09 bits per heavy atom. The van der Waals surface area contributed by atoms with E-state index >= 15 is 0 Å². The molecule has 0 atom stereocenters. The van der Waals surface area contributed by atoms with Crippen LogP contribution in [0.3, 0.4) is 0 Å². The largest absolute Gasteiger partial charge is 0.473 e. The minimum absolute atomic E-state index is 0.229. The molecule has 0 saturated heterocycles. The van der Waals surface area contributed by atoms with E-state index in [1.165, 1.54) is 42.4 Å². The molecule has 1 N–H and O–H groups in total. The molecule has 1 aliphatic rings. The monoisotopic (exact) mass is 470 g/mol. The van der Waals surface area contributed by atoms with Gasteiger partial charge < -0.3 is 9.47 Å². The Balaban J connectivity index is 1.35. The van der Waals surface area contributed by atoms with Crippen molar-refractivity contribution >= 4 is 50.2 Å². The number of thiazole rings is 1. The fourth-order valence-corrected chi connectivity index (χ4v) is 5.41. The molecule has 166 valence electrons. The highest BCUT2D eigenvalue weighted by atomic mass is 32.2. The number of fused-ring (bicyclic) bond motifs is 2. The van der Waals surface area contributed by atoms with Gasteiger partial charge in [0.25, 0.3) is 0 Å². The molecular weight excluding hydrogens is 448 g/mol. The standard InChI is InChI=1S/C21H22N6O3S2/c1-2-29-21(28)23-19-22-15-9-8-14(12-16(15)32-19)31-20-25-24-17-10-11-18(26-27(17)20)30-13-6-4-3-5-7-13/h8-13H,2-7H2,1H3,(H,22,23,28). The van der Waals surface area contributed by atoms with E-state index in [2.05, 4.69) is 25.6 Å². The van der Waals surface area contributed by atoms with Crippen LogP contribution < -0.4 is 10.1 Å². The Bertz CT molecular complexity index is 1250. The van der Waals surface area contributed by atoms with Gasteiger partial charge in [0.15, 0.2) is 10.8 Å². The van der Waals surface area contributed by atoms with Gasteiger partial charge in [-0.3, -0.25) is 5.32 Å². The fourth-order valence-electron chi connectivity index (χ4n) is 3.61. The van der Waals surface area contributed by atoms with Crippen LogP contribution in [0.1, 0.15) is 39.0 Å². The second kappa shape index (κ2) is 9.29. The average Bonchev–Trinajstić information content (AvgIpc) is 3.37. The number of benzene rings is 1. The normalized spacial score (nSPS) is 14.7. The number of aromatic nitrogens is 5. The third kappa shape index (κ3) is 4.63. The molecule has 0 spiro atoms. The lowest BCUT2D eigenvalue weighted by atomic mass is 9.98. The van der Waals surface area contributed by atoms with E-state index in [0.717, 1.165) is 28.0 Å². The summed E-state index contributed by atoms with van der Waals surface area (Å²) in [6.07, 6.45) is 5.57. The van der Waals surface area contributed by atoms with Crippen LogP contribution in [0.4, 0.5) is 9.93 Å². The third-order valence-corrected chi connectivity index (χ3v) is 6.96. The molecule has 1 amide bonds. The quantitative estimate of drug-likeness (QED) is 0.412. The summed E-state index contributed by atoms with van der Waals surface area (Å²) in [7, 11) is 0. The Morgan fingerprint density at radius 3 is 2.94 bits per heavy atom. The van der Waals surface area contributed by atoms with Crippen molar-refractivity contribution in [3.05, 3.63) is 30.3 Å². The number of hydrogen-bond donors (Lipinski definition) is 1. The van der Waals surface area contributed by atoms with Crippen LogP contribution in [0.15, 0.2) is 40.4 Å². The van der Waals surface area contributed by atoms with Crippen molar-refractivity contribution in [1.29, 1.82) is 0 Å². The number of hydrogen-bond acceptors (Lipinski definition) is 9.